The van der Waals surface area contributed by atoms with Gasteiger partial charge in [-0.2, -0.15) is 0 Å². The fourth-order valence-corrected chi connectivity index (χ4v) is 1.62. The Hall–Kier alpha value is -1.67. The van der Waals surface area contributed by atoms with E-state index in [1.54, 1.807) is 12.1 Å². The minimum Gasteiger partial charge on any atom is -0.236 e. The number of rotatable bonds is 3. The van der Waals surface area contributed by atoms with Crippen molar-refractivity contribution in [2.24, 2.45) is 0 Å². The van der Waals surface area contributed by atoms with Crippen LogP contribution in [-0.2, 0) is 11.5 Å². The maximum absolute atomic E-state index is 12.7. The Morgan fingerprint density at radius 2 is 1.31 bits per heavy atom. The zero-order valence-electron chi connectivity index (χ0n) is 8.82. The molecule has 0 aromatic heterocycles. The van der Waals surface area contributed by atoms with Crippen LogP contribution in [0.15, 0.2) is 48.5 Å². The van der Waals surface area contributed by atoms with Gasteiger partial charge in [0.15, 0.2) is 0 Å². The van der Waals surface area contributed by atoms with Gasteiger partial charge in [0.25, 0.3) is 0 Å². The van der Waals surface area contributed by atoms with Crippen LogP contribution in [0.2, 0.25) is 0 Å². The van der Waals surface area contributed by atoms with E-state index in [4.69, 9.17) is 0 Å². The van der Waals surface area contributed by atoms with Gasteiger partial charge in [-0.25, -0.2) is 9.50 Å². The fraction of sp³-hybridized carbons (Fsp3) is 0.143. The molecule has 0 N–H and O–H groups in total. The Kier molecular flexibility index (Phi) is 3.32. The first-order valence-electron chi connectivity index (χ1n) is 5.22. The van der Waals surface area contributed by atoms with Crippen LogP contribution in [-0.4, -0.2) is 6.61 Å². The largest absolute Gasteiger partial charge is 0.236 e. The second kappa shape index (κ2) is 4.90. The van der Waals surface area contributed by atoms with E-state index in [9.17, 15) is 9.50 Å². The molecule has 0 saturated heterocycles. The quantitative estimate of drug-likeness (QED) is 0.747. The molecule has 0 heterocycles. The van der Waals surface area contributed by atoms with Crippen molar-refractivity contribution in [1.82, 2.24) is 0 Å². The van der Waals surface area contributed by atoms with Gasteiger partial charge in [-0.05, 0) is 35.2 Å². The maximum Gasteiger partial charge on any atom is 0.123 e. The molecule has 2 aromatic carbocycles. The molecule has 0 atom stereocenters. The molecular weight excluding hydrogens is 203 g/mol. The number of hydrogen-bond donors (Lipinski definition) is 0. The normalized spacial score (nSPS) is 10.4. The third kappa shape index (κ3) is 2.47. The summed E-state index contributed by atoms with van der Waals surface area (Å²) in [6.45, 7) is -0.0874. The summed E-state index contributed by atoms with van der Waals surface area (Å²) in [4.78, 5) is 0. The van der Waals surface area contributed by atoms with Crippen molar-refractivity contribution in [1.29, 1.82) is 0 Å². The molecule has 0 aliphatic carbocycles. The van der Waals surface area contributed by atoms with Crippen molar-refractivity contribution in [3.63, 3.8) is 0 Å². The molecule has 0 saturated carbocycles. The van der Waals surface area contributed by atoms with Gasteiger partial charge in [0.05, 0.1) is 6.61 Å². The van der Waals surface area contributed by atoms with E-state index in [0.29, 0.717) is 6.42 Å². The highest BCUT2D eigenvalue weighted by Crippen LogP contribution is 2.20. The molecule has 0 unspecified atom stereocenters. The van der Waals surface area contributed by atoms with Crippen molar-refractivity contribution >= 4 is 0 Å². The van der Waals surface area contributed by atoms with Crippen LogP contribution in [0, 0.1) is 5.82 Å². The van der Waals surface area contributed by atoms with E-state index in [1.165, 1.54) is 12.1 Å². The highest BCUT2D eigenvalue weighted by molar-refractivity contribution is 5.63. The lowest BCUT2D eigenvalue weighted by molar-refractivity contribution is 0.197. The second-order valence-electron chi connectivity index (χ2n) is 3.66. The summed E-state index contributed by atoms with van der Waals surface area (Å²) in [5, 5.41) is 10.4. The van der Waals surface area contributed by atoms with Crippen LogP contribution < -0.4 is 0 Å². The molecule has 2 heteroatoms. The lowest BCUT2D eigenvalue weighted by atomic mass is 10.0. The Bertz CT molecular complexity index is 445. The number of benzene rings is 2. The van der Waals surface area contributed by atoms with Crippen molar-refractivity contribution in [2.75, 3.05) is 6.61 Å². The molecular formula is C14H12FO. The molecule has 0 amide bonds. The van der Waals surface area contributed by atoms with Gasteiger partial charge in [0, 0.05) is 0 Å². The molecule has 0 spiro atoms. The van der Waals surface area contributed by atoms with Gasteiger partial charge in [-0.3, -0.25) is 0 Å². The van der Waals surface area contributed by atoms with Gasteiger partial charge in [-0.1, -0.05) is 36.4 Å². The minimum absolute atomic E-state index is 0.0874. The predicted molar refractivity (Wildman–Crippen MR) is 61.1 cm³/mol. The lowest BCUT2D eigenvalue weighted by Crippen LogP contribution is -1.88. The van der Waals surface area contributed by atoms with Crippen LogP contribution in [0.1, 0.15) is 5.56 Å². The zero-order valence-corrected chi connectivity index (χ0v) is 8.82. The summed E-state index contributed by atoms with van der Waals surface area (Å²) >= 11 is 0. The second-order valence-corrected chi connectivity index (χ2v) is 3.66. The zero-order chi connectivity index (χ0) is 11.4. The Balaban J connectivity index is 2.24. The minimum atomic E-state index is -0.230. The molecule has 0 fully saturated rings. The standard InChI is InChI=1S/C14H12FO/c15-14-7-5-13(6-8-14)12-3-1-11(2-4-12)9-10-16/h1-8H,9-10H2. The predicted octanol–water partition coefficient (Wildman–Crippen LogP) is 3.47. The van der Waals surface area contributed by atoms with Gasteiger partial charge in [0.2, 0.25) is 0 Å². The third-order valence-electron chi connectivity index (χ3n) is 2.52. The average Bonchev–Trinajstić information content (AvgIpc) is 2.32. The molecule has 1 radical (unpaired) electrons. The summed E-state index contributed by atoms with van der Waals surface area (Å²) in [5.74, 6) is -0.230. The summed E-state index contributed by atoms with van der Waals surface area (Å²) in [7, 11) is 0. The molecule has 1 nitrogen and oxygen atoms in total. The smallest absolute Gasteiger partial charge is 0.123 e. The van der Waals surface area contributed by atoms with Gasteiger partial charge in [0.1, 0.15) is 5.82 Å². The summed E-state index contributed by atoms with van der Waals surface area (Å²) in [6, 6.07) is 14.2. The highest BCUT2D eigenvalue weighted by atomic mass is 19.1. The molecule has 2 aromatic rings. The molecule has 2 rings (SSSR count). The fourth-order valence-electron chi connectivity index (χ4n) is 1.62. The lowest BCUT2D eigenvalue weighted by Gasteiger charge is -2.03. The topological polar surface area (TPSA) is 19.9 Å². The molecule has 81 valence electrons. The first-order valence-corrected chi connectivity index (χ1v) is 5.22. The van der Waals surface area contributed by atoms with E-state index >= 15 is 0 Å². The monoisotopic (exact) mass is 215 g/mol. The maximum atomic E-state index is 12.7. The first-order chi connectivity index (χ1) is 7.79. The van der Waals surface area contributed by atoms with Crippen molar-refractivity contribution < 1.29 is 9.50 Å². The van der Waals surface area contributed by atoms with Crippen LogP contribution in [0.4, 0.5) is 4.39 Å². The number of hydrogen-bond acceptors (Lipinski definition) is 0. The summed E-state index contributed by atoms with van der Waals surface area (Å²) in [5.41, 5.74) is 3.06. The summed E-state index contributed by atoms with van der Waals surface area (Å²) in [6.07, 6.45) is 0.559. The van der Waals surface area contributed by atoms with Gasteiger partial charge < -0.3 is 0 Å². The Labute approximate surface area is 94.2 Å². The molecule has 0 aliphatic rings. The third-order valence-corrected chi connectivity index (χ3v) is 2.52. The number of halogens is 1. The summed E-state index contributed by atoms with van der Waals surface area (Å²) < 4.78 is 12.7. The van der Waals surface area contributed by atoms with E-state index < -0.39 is 0 Å². The van der Waals surface area contributed by atoms with Gasteiger partial charge >= 0.3 is 0 Å². The van der Waals surface area contributed by atoms with Crippen molar-refractivity contribution in [3.8, 4) is 11.1 Å². The van der Waals surface area contributed by atoms with E-state index in [2.05, 4.69) is 0 Å². The van der Waals surface area contributed by atoms with E-state index in [0.717, 1.165) is 16.7 Å². The molecule has 0 aliphatic heterocycles. The van der Waals surface area contributed by atoms with Crippen LogP contribution in [0.5, 0.6) is 0 Å². The van der Waals surface area contributed by atoms with Crippen LogP contribution in [0.25, 0.3) is 11.1 Å². The van der Waals surface area contributed by atoms with Crippen molar-refractivity contribution in [3.05, 3.63) is 59.9 Å². The molecule has 16 heavy (non-hydrogen) atoms. The Morgan fingerprint density at radius 3 is 1.81 bits per heavy atom. The van der Waals surface area contributed by atoms with Gasteiger partial charge in [-0.15, -0.1) is 0 Å². The van der Waals surface area contributed by atoms with Crippen LogP contribution >= 0.6 is 0 Å². The average molecular weight is 215 g/mol. The Morgan fingerprint density at radius 1 is 0.812 bits per heavy atom. The van der Waals surface area contributed by atoms with E-state index in [-0.39, 0.29) is 12.4 Å². The first kappa shape index (κ1) is 10.8. The highest BCUT2D eigenvalue weighted by Gasteiger charge is 1.98. The van der Waals surface area contributed by atoms with Crippen LogP contribution in [0.3, 0.4) is 0 Å². The molecule has 0 bridgehead atoms. The van der Waals surface area contributed by atoms with Crippen molar-refractivity contribution in [2.45, 2.75) is 6.42 Å². The SMILES string of the molecule is [O]CCc1ccc(-c2ccc(F)cc2)cc1. The van der Waals surface area contributed by atoms with E-state index in [1.807, 2.05) is 24.3 Å².